The van der Waals surface area contributed by atoms with Crippen LogP contribution in [0.4, 0.5) is 22.0 Å². The monoisotopic (exact) mass is 260 g/mol. The molecule has 0 aliphatic carbocycles. The molecule has 0 N–H and O–H groups in total. The van der Waals surface area contributed by atoms with Crippen LogP contribution in [-0.2, 0) is 6.18 Å². The van der Waals surface area contributed by atoms with Gasteiger partial charge in [-0.25, -0.2) is 0 Å². The van der Waals surface area contributed by atoms with Gasteiger partial charge in [-0.05, 0) is 24.6 Å². The maximum atomic E-state index is 12.4. The van der Waals surface area contributed by atoms with Crippen LogP contribution in [-0.4, -0.2) is 6.61 Å². The van der Waals surface area contributed by atoms with Crippen LogP contribution in [0.1, 0.15) is 11.1 Å². The average Bonchev–Trinajstić information content (AvgIpc) is 2.06. The third-order valence-corrected chi connectivity index (χ3v) is 2.10. The molecule has 0 heterocycles. The Balaban J connectivity index is 3.22. The molecule has 1 aromatic carbocycles. The minimum atomic E-state index is -4.70. The van der Waals surface area contributed by atoms with E-state index >= 15 is 0 Å². The molecule has 1 aromatic rings. The van der Waals surface area contributed by atoms with Gasteiger partial charge in [0.25, 0.3) is 0 Å². The second-order valence-electron chi connectivity index (χ2n) is 2.97. The van der Waals surface area contributed by atoms with Crippen LogP contribution in [0.3, 0.4) is 0 Å². The summed E-state index contributed by atoms with van der Waals surface area (Å²) in [7, 11) is 0. The maximum Gasteiger partial charge on any atom is 0.417 e. The van der Waals surface area contributed by atoms with Crippen molar-refractivity contribution in [3.8, 4) is 5.75 Å². The number of rotatable bonds is 2. The molecule has 0 radical (unpaired) electrons. The van der Waals surface area contributed by atoms with E-state index in [9.17, 15) is 22.0 Å². The van der Waals surface area contributed by atoms with Crippen molar-refractivity contribution >= 4 is 11.6 Å². The third-order valence-electron chi connectivity index (χ3n) is 1.79. The molecule has 0 aromatic heterocycles. The Morgan fingerprint density at radius 3 is 2.25 bits per heavy atom. The fourth-order valence-electron chi connectivity index (χ4n) is 1.09. The van der Waals surface area contributed by atoms with Crippen molar-refractivity contribution in [3.63, 3.8) is 0 Å². The van der Waals surface area contributed by atoms with Gasteiger partial charge in [-0.15, -0.1) is 0 Å². The van der Waals surface area contributed by atoms with Crippen molar-refractivity contribution in [3.05, 3.63) is 28.3 Å². The van der Waals surface area contributed by atoms with Gasteiger partial charge < -0.3 is 4.74 Å². The second kappa shape index (κ2) is 4.45. The molecule has 1 nitrogen and oxygen atoms in total. The van der Waals surface area contributed by atoms with Crippen molar-refractivity contribution in [1.82, 2.24) is 0 Å². The Kier molecular flexibility index (Phi) is 3.62. The number of benzene rings is 1. The first-order chi connectivity index (χ1) is 7.21. The van der Waals surface area contributed by atoms with E-state index in [0.29, 0.717) is 6.07 Å². The molecule has 0 unspecified atom stereocenters. The highest BCUT2D eigenvalue weighted by atomic mass is 35.5. The second-order valence-corrected chi connectivity index (χ2v) is 3.38. The standard InChI is InChI=1S/C9H6ClF5O/c1-4-2-6(10)5(9(13,14)15)3-7(4)16-8(11)12/h2-3,8H,1H3. The van der Waals surface area contributed by atoms with Gasteiger partial charge in [0, 0.05) is 0 Å². The Hall–Kier alpha value is -1.04. The van der Waals surface area contributed by atoms with Crippen molar-refractivity contribution in [2.75, 3.05) is 0 Å². The van der Waals surface area contributed by atoms with Crippen LogP contribution in [0, 0.1) is 6.92 Å². The lowest BCUT2D eigenvalue weighted by molar-refractivity contribution is -0.137. The van der Waals surface area contributed by atoms with E-state index in [1.165, 1.54) is 6.92 Å². The smallest absolute Gasteiger partial charge is 0.417 e. The number of hydrogen-bond donors (Lipinski definition) is 0. The number of aryl methyl sites for hydroxylation is 1. The zero-order chi connectivity index (χ0) is 12.5. The summed E-state index contributed by atoms with van der Waals surface area (Å²) in [5.41, 5.74) is -1.09. The van der Waals surface area contributed by atoms with Gasteiger partial charge in [-0.2, -0.15) is 22.0 Å². The van der Waals surface area contributed by atoms with Crippen LogP contribution in [0.5, 0.6) is 5.75 Å². The van der Waals surface area contributed by atoms with E-state index in [0.717, 1.165) is 6.07 Å². The fourth-order valence-corrected chi connectivity index (χ4v) is 1.42. The summed E-state index contributed by atoms with van der Waals surface area (Å²) in [4.78, 5) is 0. The lowest BCUT2D eigenvalue weighted by atomic mass is 10.1. The summed E-state index contributed by atoms with van der Waals surface area (Å²) in [6.45, 7) is -1.86. The topological polar surface area (TPSA) is 9.23 Å². The van der Waals surface area contributed by atoms with Gasteiger partial charge in [0.15, 0.2) is 0 Å². The first-order valence-corrected chi connectivity index (χ1v) is 4.41. The summed E-state index contributed by atoms with van der Waals surface area (Å²) in [6.07, 6.45) is -4.70. The Bertz CT molecular complexity index is 388. The zero-order valence-corrected chi connectivity index (χ0v) is 8.66. The lowest BCUT2D eigenvalue weighted by Gasteiger charge is -2.13. The van der Waals surface area contributed by atoms with Gasteiger partial charge in [0.1, 0.15) is 5.75 Å². The molecule has 0 aliphatic rings. The maximum absolute atomic E-state index is 12.4. The largest absolute Gasteiger partial charge is 0.435 e. The Morgan fingerprint density at radius 1 is 1.25 bits per heavy atom. The number of alkyl halides is 5. The van der Waals surface area contributed by atoms with E-state index in [-0.39, 0.29) is 5.56 Å². The molecule has 0 atom stereocenters. The van der Waals surface area contributed by atoms with Crippen molar-refractivity contribution in [2.24, 2.45) is 0 Å². The SMILES string of the molecule is Cc1cc(Cl)c(C(F)(F)F)cc1OC(F)F. The number of hydrogen-bond acceptors (Lipinski definition) is 1. The van der Waals surface area contributed by atoms with E-state index in [1.54, 1.807) is 0 Å². The van der Waals surface area contributed by atoms with Gasteiger partial charge in [0.2, 0.25) is 0 Å². The summed E-state index contributed by atoms with van der Waals surface area (Å²) < 4.78 is 64.8. The molecular weight excluding hydrogens is 255 g/mol. The van der Waals surface area contributed by atoms with Crippen LogP contribution in [0.2, 0.25) is 5.02 Å². The van der Waals surface area contributed by atoms with E-state index in [2.05, 4.69) is 4.74 Å². The van der Waals surface area contributed by atoms with E-state index in [4.69, 9.17) is 11.6 Å². The Morgan fingerprint density at radius 2 is 1.81 bits per heavy atom. The molecule has 16 heavy (non-hydrogen) atoms. The first-order valence-electron chi connectivity index (χ1n) is 4.04. The highest BCUT2D eigenvalue weighted by Crippen LogP contribution is 2.38. The van der Waals surface area contributed by atoms with Crippen molar-refractivity contribution in [2.45, 2.75) is 19.7 Å². The zero-order valence-electron chi connectivity index (χ0n) is 7.91. The number of halogens is 6. The van der Waals surface area contributed by atoms with Crippen LogP contribution in [0.25, 0.3) is 0 Å². The molecule has 7 heteroatoms. The van der Waals surface area contributed by atoms with Crippen LogP contribution >= 0.6 is 11.6 Å². The molecule has 90 valence electrons. The predicted octanol–water partition coefficient (Wildman–Crippen LogP) is 4.27. The van der Waals surface area contributed by atoms with Crippen molar-refractivity contribution in [1.29, 1.82) is 0 Å². The molecule has 0 saturated heterocycles. The Labute approximate surface area is 92.8 Å². The van der Waals surface area contributed by atoms with Gasteiger partial charge >= 0.3 is 12.8 Å². The fraction of sp³-hybridized carbons (Fsp3) is 0.333. The van der Waals surface area contributed by atoms with Gasteiger partial charge in [-0.3, -0.25) is 0 Å². The molecule has 1 rings (SSSR count). The van der Waals surface area contributed by atoms with E-state index in [1.807, 2.05) is 0 Å². The van der Waals surface area contributed by atoms with Gasteiger partial charge in [-0.1, -0.05) is 11.6 Å². The highest BCUT2D eigenvalue weighted by molar-refractivity contribution is 6.31. The third kappa shape index (κ3) is 2.98. The molecule has 0 saturated carbocycles. The molecular formula is C9H6ClF5O. The predicted molar refractivity (Wildman–Crippen MR) is 47.8 cm³/mol. The number of ether oxygens (including phenoxy) is 1. The summed E-state index contributed by atoms with van der Waals surface area (Å²) in [5, 5.41) is -0.549. The summed E-state index contributed by atoms with van der Waals surface area (Å²) in [5.74, 6) is -0.535. The first kappa shape index (κ1) is 13.0. The van der Waals surface area contributed by atoms with Crippen molar-refractivity contribution < 1.29 is 26.7 Å². The summed E-state index contributed by atoms with van der Waals surface area (Å²) >= 11 is 5.36. The van der Waals surface area contributed by atoms with Crippen LogP contribution < -0.4 is 4.74 Å². The highest BCUT2D eigenvalue weighted by Gasteiger charge is 2.34. The molecule has 0 bridgehead atoms. The molecule has 0 amide bonds. The molecule has 0 aliphatic heterocycles. The molecule has 0 spiro atoms. The summed E-state index contributed by atoms with van der Waals surface area (Å²) in [6, 6.07) is 1.39. The van der Waals surface area contributed by atoms with E-state index < -0.39 is 29.1 Å². The normalized spacial score (nSPS) is 12.0. The molecule has 0 fully saturated rings. The van der Waals surface area contributed by atoms with Gasteiger partial charge in [0.05, 0.1) is 10.6 Å². The minimum Gasteiger partial charge on any atom is -0.435 e. The lowest BCUT2D eigenvalue weighted by Crippen LogP contribution is -2.09. The van der Waals surface area contributed by atoms with Crippen LogP contribution in [0.15, 0.2) is 12.1 Å². The average molecular weight is 261 g/mol. The minimum absolute atomic E-state index is 0.110. The quantitative estimate of drug-likeness (QED) is 0.722.